The summed E-state index contributed by atoms with van der Waals surface area (Å²) in [6.45, 7) is 0. The third-order valence-corrected chi connectivity index (χ3v) is 1.32. The minimum absolute atomic E-state index is 0.00244. The Bertz CT molecular complexity index is 264. The smallest absolute Gasteiger partial charge is 0.379 e. The van der Waals surface area contributed by atoms with Crippen LogP contribution in [0, 0.1) is 0 Å². The molecule has 0 unspecified atom stereocenters. The minimum atomic E-state index is -4.67. The summed E-state index contributed by atoms with van der Waals surface area (Å²) in [6, 6.07) is 0. The van der Waals surface area contributed by atoms with E-state index in [1.165, 1.54) is 0 Å². The van der Waals surface area contributed by atoms with Crippen molar-refractivity contribution in [3.63, 3.8) is 0 Å². The van der Waals surface area contributed by atoms with Crippen molar-refractivity contribution in [2.24, 2.45) is 0 Å². The fourth-order valence-electron chi connectivity index (χ4n) is 0.323. The van der Waals surface area contributed by atoms with Crippen molar-refractivity contribution in [2.45, 2.75) is 12.4 Å². The monoisotopic (exact) mass is 270 g/mol. The van der Waals surface area contributed by atoms with Gasteiger partial charge in [0.1, 0.15) is 12.5 Å². The average Bonchev–Trinajstić information content (AvgIpc) is 1.98. The van der Waals surface area contributed by atoms with Crippen LogP contribution < -0.4 is 0 Å². The van der Waals surface area contributed by atoms with Gasteiger partial charge in [-0.3, -0.25) is 0 Å². The number of hydrogen-bond donors (Lipinski definition) is 0. The van der Waals surface area contributed by atoms with Crippen molar-refractivity contribution >= 4 is 11.4 Å². The van der Waals surface area contributed by atoms with Gasteiger partial charge in [0.25, 0.3) is 0 Å². The molecule has 0 radical (unpaired) electrons. The molecule has 0 saturated heterocycles. The summed E-state index contributed by atoms with van der Waals surface area (Å²) in [7, 11) is 0. The van der Waals surface area contributed by atoms with Gasteiger partial charge in [-0.15, -0.1) is 0 Å². The molecule has 0 heterocycles. The van der Waals surface area contributed by atoms with Crippen LogP contribution >= 0.6 is 0 Å². The predicted molar refractivity (Wildman–Crippen MR) is 40.7 cm³/mol. The fourth-order valence-corrected chi connectivity index (χ4v) is 0.661. The highest BCUT2D eigenvalue weighted by Crippen LogP contribution is 2.17. The first kappa shape index (κ1) is 14.8. The molecule has 0 saturated carbocycles. The maximum Gasteiger partial charge on any atom is 0.416 e. The zero-order valence-electron chi connectivity index (χ0n) is 7.21. The Balaban J connectivity index is 3.94. The van der Waals surface area contributed by atoms with Crippen molar-refractivity contribution in [3.05, 3.63) is 24.7 Å². The van der Waals surface area contributed by atoms with Gasteiger partial charge in [-0.05, 0) is 0 Å². The second-order valence-electron chi connectivity index (χ2n) is 2.09. The number of alkyl halides is 6. The van der Waals surface area contributed by atoms with Crippen LogP contribution in [0.3, 0.4) is 0 Å². The summed E-state index contributed by atoms with van der Waals surface area (Å²) in [5.74, 6) is 0. The third-order valence-electron chi connectivity index (χ3n) is 0.782. The lowest BCUT2D eigenvalue weighted by Gasteiger charge is -2.00. The van der Waals surface area contributed by atoms with Gasteiger partial charge in [-0.2, -0.15) is 30.6 Å². The van der Waals surface area contributed by atoms with Crippen LogP contribution in [-0.4, -0.2) is 16.6 Å². The molecule has 10 heteroatoms. The van der Waals surface area contributed by atoms with Crippen LogP contribution in [0.2, 0.25) is 0 Å². The lowest BCUT2D eigenvalue weighted by atomic mass is 10.6. The van der Waals surface area contributed by atoms with E-state index in [0.717, 1.165) is 0 Å². The summed E-state index contributed by atoms with van der Waals surface area (Å²) in [4.78, 5) is 0. The first-order valence-corrected chi connectivity index (χ1v) is 4.35. The molecule has 0 rings (SSSR count). The first-order chi connectivity index (χ1) is 7.10. The average molecular weight is 270 g/mol. The maximum atomic E-state index is 11.4. The summed E-state index contributed by atoms with van der Waals surface area (Å²) >= 11 is -2.76. The summed E-state index contributed by atoms with van der Waals surface area (Å²) in [6.07, 6.45) is -10.2. The molecular formula is C6H4F6O3S. The van der Waals surface area contributed by atoms with E-state index < -0.39 is 35.9 Å². The molecule has 0 atom stereocenters. The van der Waals surface area contributed by atoms with Gasteiger partial charge in [0, 0.05) is 0 Å². The molecule has 0 aliphatic carbocycles. The van der Waals surface area contributed by atoms with Crippen LogP contribution in [0.5, 0.6) is 0 Å². The summed E-state index contributed by atoms with van der Waals surface area (Å²) in [5, 5.41) is 0. The van der Waals surface area contributed by atoms with Crippen LogP contribution in [0.15, 0.2) is 24.7 Å². The molecule has 0 bridgehead atoms. The van der Waals surface area contributed by atoms with Gasteiger partial charge in [0.15, 0.2) is 0 Å². The lowest BCUT2D eigenvalue weighted by Crippen LogP contribution is -2.03. The number of allylic oxidation sites excluding steroid dienone is 2. The highest BCUT2D eigenvalue weighted by atomic mass is 32.2. The first-order valence-electron chi connectivity index (χ1n) is 3.35. The Hall–Kier alpha value is -1.19. The van der Waals surface area contributed by atoms with Crippen molar-refractivity contribution in [2.75, 3.05) is 0 Å². The van der Waals surface area contributed by atoms with Gasteiger partial charge in [0.2, 0.25) is 0 Å². The fraction of sp³-hybridized carbons (Fsp3) is 0.333. The SMILES string of the molecule is O=S(OC=CC(F)(F)F)OC=CC(F)(F)F. The molecule has 0 aliphatic rings. The predicted octanol–water partition coefficient (Wildman–Crippen LogP) is 2.75. The minimum Gasteiger partial charge on any atom is -0.379 e. The molecule has 0 aromatic carbocycles. The Kier molecular flexibility index (Phi) is 5.35. The van der Waals surface area contributed by atoms with Gasteiger partial charge < -0.3 is 8.37 Å². The molecule has 94 valence electrons. The number of hydrogen-bond acceptors (Lipinski definition) is 3. The van der Waals surface area contributed by atoms with E-state index in [9.17, 15) is 30.6 Å². The second kappa shape index (κ2) is 5.77. The van der Waals surface area contributed by atoms with Crippen LogP contribution in [0.1, 0.15) is 0 Å². The van der Waals surface area contributed by atoms with Crippen LogP contribution in [0.4, 0.5) is 26.3 Å². The lowest BCUT2D eigenvalue weighted by molar-refractivity contribution is -0.0816. The standard InChI is InChI=1S/C6H4F6O3S/c7-5(8,9)1-3-14-16(13)15-4-2-6(10,11)12/h1-4H. The normalized spacial score (nSPS) is 15.6. The molecule has 0 fully saturated rings. The van der Waals surface area contributed by atoms with Gasteiger partial charge >= 0.3 is 23.7 Å². The van der Waals surface area contributed by atoms with E-state index in [2.05, 4.69) is 8.37 Å². The van der Waals surface area contributed by atoms with E-state index in [-0.39, 0.29) is 12.5 Å². The Morgan fingerprint density at radius 1 is 0.812 bits per heavy atom. The molecule has 16 heavy (non-hydrogen) atoms. The Morgan fingerprint density at radius 2 is 1.12 bits per heavy atom. The molecule has 0 amide bonds. The zero-order valence-corrected chi connectivity index (χ0v) is 8.03. The Morgan fingerprint density at radius 3 is 1.38 bits per heavy atom. The molecule has 0 N–H and O–H groups in total. The van der Waals surface area contributed by atoms with E-state index >= 15 is 0 Å². The highest BCUT2D eigenvalue weighted by Gasteiger charge is 2.23. The molecule has 0 aromatic rings. The van der Waals surface area contributed by atoms with E-state index in [1.54, 1.807) is 0 Å². The number of halogens is 6. The van der Waals surface area contributed by atoms with Crippen LogP contribution in [0.25, 0.3) is 0 Å². The molecular weight excluding hydrogens is 266 g/mol. The third kappa shape index (κ3) is 10.9. The molecule has 0 spiro atoms. The largest absolute Gasteiger partial charge is 0.416 e. The van der Waals surface area contributed by atoms with E-state index in [4.69, 9.17) is 0 Å². The zero-order chi connectivity index (χ0) is 12.8. The highest BCUT2D eigenvalue weighted by molar-refractivity contribution is 7.75. The van der Waals surface area contributed by atoms with Crippen molar-refractivity contribution in [1.29, 1.82) is 0 Å². The quantitative estimate of drug-likeness (QED) is 0.582. The van der Waals surface area contributed by atoms with Crippen molar-refractivity contribution < 1.29 is 38.9 Å². The van der Waals surface area contributed by atoms with Crippen LogP contribution in [-0.2, 0) is 19.7 Å². The van der Waals surface area contributed by atoms with Crippen molar-refractivity contribution in [1.82, 2.24) is 0 Å². The number of rotatable bonds is 4. The van der Waals surface area contributed by atoms with E-state index in [0.29, 0.717) is 0 Å². The molecule has 3 nitrogen and oxygen atoms in total. The van der Waals surface area contributed by atoms with E-state index in [1.807, 2.05) is 0 Å². The van der Waals surface area contributed by atoms with Gasteiger partial charge in [-0.25, -0.2) is 0 Å². The summed E-state index contributed by atoms with van der Waals surface area (Å²) < 4.78 is 86.6. The Labute approximate surface area is 88.2 Å². The molecule has 0 aliphatic heterocycles. The summed E-state index contributed by atoms with van der Waals surface area (Å²) in [5.41, 5.74) is 0. The maximum absolute atomic E-state index is 11.4. The van der Waals surface area contributed by atoms with Gasteiger partial charge in [0.05, 0.1) is 12.2 Å². The second-order valence-corrected chi connectivity index (χ2v) is 2.88. The molecule has 0 aromatic heterocycles. The van der Waals surface area contributed by atoms with Crippen molar-refractivity contribution in [3.8, 4) is 0 Å². The topological polar surface area (TPSA) is 35.5 Å². The van der Waals surface area contributed by atoms with Gasteiger partial charge in [-0.1, -0.05) is 0 Å².